The average molecular weight is 306 g/mol. The van der Waals surface area contributed by atoms with Gasteiger partial charge in [0, 0.05) is 11.3 Å². The number of carbonyl (C=O) groups is 1. The first-order valence-corrected chi connectivity index (χ1v) is 7.50. The molecule has 3 rings (SSSR count). The first kappa shape index (κ1) is 15.0. The highest BCUT2D eigenvalue weighted by molar-refractivity contribution is 5.92. The van der Waals surface area contributed by atoms with Crippen LogP contribution in [0.15, 0.2) is 59.0 Å². The van der Waals surface area contributed by atoms with Crippen LogP contribution in [0.25, 0.3) is 11.5 Å². The lowest BCUT2D eigenvalue weighted by atomic mass is 10.2. The van der Waals surface area contributed by atoms with Crippen LogP contribution in [-0.2, 0) is 11.2 Å². The predicted octanol–water partition coefficient (Wildman–Crippen LogP) is 4.14. The zero-order valence-corrected chi connectivity index (χ0v) is 13.2. The summed E-state index contributed by atoms with van der Waals surface area (Å²) >= 11 is 0. The van der Waals surface area contributed by atoms with Crippen LogP contribution in [0.3, 0.4) is 0 Å². The third-order valence-electron chi connectivity index (χ3n) is 3.66. The van der Waals surface area contributed by atoms with Crippen LogP contribution in [0.4, 0.5) is 5.69 Å². The number of anilines is 1. The minimum Gasteiger partial charge on any atom is -0.441 e. The van der Waals surface area contributed by atoms with E-state index in [4.69, 9.17) is 4.42 Å². The molecule has 1 heterocycles. The van der Waals surface area contributed by atoms with Gasteiger partial charge in [-0.25, -0.2) is 4.98 Å². The molecule has 4 heteroatoms. The highest BCUT2D eigenvalue weighted by Crippen LogP contribution is 2.22. The normalized spacial score (nSPS) is 10.5. The SMILES string of the molecule is Cc1ccccc1NC(=O)Cc1nc(-c2ccccc2)oc1C. The van der Waals surface area contributed by atoms with E-state index >= 15 is 0 Å². The van der Waals surface area contributed by atoms with Gasteiger partial charge in [-0.15, -0.1) is 0 Å². The molecular formula is C19H18N2O2. The summed E-state index contributed by atoms with van der Waals surface area (Å²) in [5, 5.41) is 2.91. The summed E-state index contributed by atoms with van der Waals surface area (Å²) < 4.78 is 5.68. The van der Waals surface area contributed by atoms with Gasteiger partial charge in [-0.3, -0.25) is 4.79 Å². The molecule has 0 fully saturated rings. The van der Waals surface area contributed by atoms with Gasteiger partial charge in [-0.05, 0) is 37.6 Å². The fraction of sp³-hybridized carbons (Fsp3) is 0.158. The molecular weight excluding hydrogens is 288 g/mol. The Hall–Kier alpha value is -2.88. The number of aromatic nitrogens is 1. The molecule has 1 N–H and O–H groups in total. The Morgan fingerprint density at radius 1 is 1.04 bits per heavy atom. The average Bonchev–Trinajstić information content (AvgIpc) is 2.91. The predicted molar refractivity (Wildman–Crippen MR) is 90.2 cm³/mol. The maximum absolute atomic E-state index is 12.2. The van der Waals surface area contributed by atoms with E-state index in [9.17, 15) is 4.79 Å². The van der Waals surface area contributed by atoms with Gasteiger partial charge < -0.3 is 9.73 Å². The maximum atomic E-state index is 12.2. The Kier molecular flexibility index (Phi) is 4.24. The number of oxazole rings is 1. The van der Waals surface area contributed by atoms with Crippen molar-refractivity contribution in [2.24, 2.45) is 0 Å². The summed E-state index contributed by atoms with van der Waals surface area (Å²) in [6.45, 7) is 3.79. The number of nitrogens with zero attached hydrogens (tertiary/aromatic N) is 1. The largest absolute Gasteiger partial charge is 0.441 e. The van der Waals surface area contributed by atoms with Gasteiger partial charge in [0.2, 0.25) is 11.8 Å². The van der Waals surface area contributed by atoms with Crippen molar-refractivity contribution in [2.45, 2.75) is 20.3 Å². The number of amides is 1. The molecule has 0 unspecified atom stereocenters. The molecule has 0 atom stereocenters. The minimum atomic E-state index is -0.102. The van der Waals surface area contributed by atoms with Crippen molar-refractivity contribution in [1.82, 2.24) is 4.98 Å². The fourth-order valence-electron chi connectivity index (χ4n) is 2.36. The molecule has 116 valence electrons. The summed E-state index contributed by atoms with van der Waals surface area (Å²) in [5.41, 5.74) is 3.42. The first-order chi connectivity index (χ1) is 11.1. The zero-order chi connectivity index (χ0) is 16.2. The highest BCUT2D eigenvalue weighted by atomic mass is 16.4. The summed E-state index contributed by atoms with van der Waals surface area (Å²) in [6, 6.07) is 17.4. The van der Waals surface area contributed by atoms with Gasteiger partial charge in [0.05, 0.1) is 12.1 Å². The molecule has 4 nitrogen and oxygen atoms in total. The highest BCUT2D eigenvalue weighted by Gasteiger charge is 2.15. The number of nitrogens with one attached hydrogen (secondary N) is 1. The standard InChI is InChI=1S/C19H18N2O2/c1-13-8-6-7-11-16(13)20-18(22)12-17-14(2)23-19(21-17)15-9-4-3-5-10-15/h3-11H,12H2,1-2H3,(H,20,22). The molecule has 0 bridgehead atoms. The number of aryl methyl sites for hydroxylation is 2. The van der Waals surface area contributed by atoms with E-state index in [1.165, 1.54) is 0 Å². The molecule has 0 aliphatic heterocycles. The third-order valence-corrected chi connectivity index (χ3v) is 3.66. The van der Waals surface area contributed by atoms with Crippen LogP contribution in [0, 0.1) is 13.8 Å². The fourth-order valence-corrected chi connectivity index (χ4v) is 2.36. The van der Waals surface area contributed by atoms with E-state index in [1.807, 2.05) is 68.4 Å². The van der Waals surface area contributed by atoms with Crippen molar-refractivity contribution in [2.75, 3.05) is 5.32 Å². The molecule has 0 aliphatic rings. The van der Waals surface area contributed by atoms with Crippen LogP contribution in [0.1, 0.15) is 17.0 Å². The van der Waals surface area contributed by atoms with Crippen LogP contribution in [0.2, 0.25) is 0 Å². The van der Waals surface area contributed by atoms with Gasteiger partial charge >= 0.3 is 0 Å². The van der Waals surface area contributed by atoms with Crippen molar-refractivity contribution >= 4 is 11.6 Å². The van der Waals surface area contributed by atoms with Crippen molar-refractivity contribution in [3.63, 3.8) is 0 Å². The number of rotatable bonds is 4. The molecule has 1 amide bonds. The lowest BCUT2D eigenvalue weighted by molar-refractivity contribution is -0.115. The van der Waals surface area contributed by atoms with Crippen molar-refractivity contribution in [3.05, 3.63) is 71.6 Å². The molecule has 0 radical (unpaired) electrons. The molecule has 0 saturated carbocycles. The Bertz CT molecular complexity index is 822. The van der Waals surface area contributed by atoms with E-state index in [-0.39, 0.29) is 12.3 Å². The van der Waals surface area contributed by atoms with Crippen molar-refractivity contribution in [3.8, 4) is 11.5 Å². The molecule has 0 saturated heterocycles. The Morgan fingerprint density at radius 3 is 2.48 bits per heavy atom. The number of carbonyl (C=O) groups excluding carboxylic acids is 1. The number of hydrogen-bond donors (Lipinski definition) is 1. The molecule has 23 heavy (non-hydrogen) atoms. The summed E-state index contributed by atoms with van der Waals surface area (Å²) in [4.78, 5) is 16.7. The second-order valence-corrected chi connectivity index (χ2v) is 5.43. The third kappa shape index (κ3) is 3.48. The summed E-state index contributed by atoms with van der Waals surface area (Å²) in [7, 11) is 0. The lowest BCUT2D eigenvalue weighted by Gasteiger charge is -2.07. The van der Waals surface area contributed by atoms with Crippen LogP contribution in [-0.4, -0.2) is 10.9 Å². The summed E-state index contributed by atoms with van der Waals surface area (Å²) in [5.74, 6) is 1.11. The molecule has 0 spiro atoms. The number of benzene rings is 2. The molecule has 1 aromatic heterocycles. The molecule has 0 aliphatic carbocycles. The van der Waals surface area contributed by atoms with Gasteiger partial charge in [-0.2, -0.15) is 0 Å². The number of para-hydroxylation sites is 1. The minimum absolute atomic E-state index is 0.102. The van der Waals surface area contributed by atoms with E-state index in [1.54, 1.807) is 0 Å². The maximum Gasteiger partial charge on any atom is 0.230 e. The summed E-state index contributed by atoms with van der Waals surface area (Å²) in [6.07, 6.45) is 0.191. The second kappa shape index (κ2) is 6.48. The van der Waals surface area contributed by atoms with E-state index in [2.05, 4.69) is 10.3 Å². The Balaban J connectivity index is 1.74. The molecule has 2 aromatic carbocycles. The van der Waals surface area contributed by atoms with Crippen LogP contribution >= 0.6 is 0 Å². The van der Waals surface area contributed by atoms with Gasteiger partial charge in [0.1, 0.15) is 5.76 Å². The van der Waals surface area contributed by atoms with E-state index < -0.39 is 0 Å². The van der Waals surface area contributed by atoms with Crippen LogP contribution < -0.4 is 5.32 Å². The van der Waals surface area contributed by atoms with Crippen molar-refractivity contribution < 1.29 is 9.21 Å². The van der Waals surface area contributed by atoms with Crippen molar-refractivity contribution in [1.29, 1.82) is 0 Å². The monoisotopic (exact) mass is 306 g/mol. The lowest BCUT2D eigenvalue weighted by Crippen LogP contribution is -2.15. The first-order valence-electron chi connectivity index (χ1n) is 7.50. The zero-order valence-electron chi connectivity index (χ0n) is 13.2. The Labute approximate surface area is 135 Å². The van der Waals surface area contributed by atoms with Crippen LogP contribution in [0.5, 0.6) is 0 Å². The van der Waals surface area contributed by atoms with Gasteiger partial charge in [0.25, 0.3) is 0 Å². The topological polar surface area (TPSA) is 55.1 Å². The van der Waals surface area contributed by atoms with Gasteiger partial charge in [0.15, 0.2) is 0 Å². The van der Waals surface area contributed by atoms with E-state index in [0.717, 1.165) is 16.8 Å². The van der Waals surface area contributed by atoms with Gasteiger partial charge in [-0.1, -0.05) is 36.4 Å². The smallest absolute Gasteiger partial charge is 0.230 e. The quantitative estimate of drug-likeness (QED) is 0.788. The number of hydrogen-bond acceptors (Lipinski definition) is 3. The molecule has 3 aromatic rings. The Morgan fingerprint density at radius 2 is 1.74 bits per heavy atom. The van der Waals surface area contributed by atoms with E-state index in [0.29, 0.717) is 17.3 Å². The second-order valence-electron chi connectivity index (χ2n) is 5.43.